The predicted octanol–water partition coefficient (Wildman–Crippen LogP) is 2.61. The lowest BCUT2D eigenvalue weighted by molar-refractivity contribution is 0.0925. The smallest absolute Gasteiger partial charge is 0.287 e. The molecule has 1 amide bonds. The van der Waals surface area contributed by atoms with Crippen molar-refractivity contribution in [2.75, 3.05) is 39.8 Å². The lowest BCUT2D eigenvalue weighted by Gasteiger charge is -2.34. The molecule has 1 aliphatic heterocycles. The maximum atomic E-state index is 12.0. The largest absolute Gasteiger partial charge is 0.459 e. The number of likely N-dealkylation sites (tertiary alicyclic amines) is 1. The first-order valence-corrected chi connectivity index (χ1v) is 10.0. The van der Waals surface area contributed by atoms with E-state index in [0.29, 0.717) is 18.3 Å². The summed E-state index contributed by atoms with van der Waals surface area (Å²) < 4.78 is 5.19. The number of rotatable bonds is 8. The number of hydrogen-bond acceptors (Lipinski definition) is 4. The molecule has 0 radical (unpaired) electrons. The summed E-state index contributed by atoms with van der Waals surface area (Å²) in [6.45, 7) is 11.2. The van der Waals surface area contributed by atoms with Crippen molar-refractivity contribution < 1.29 is 9.21 Å². The van der Waals surface area contributed by atoms with Crippen LogP contribution in [0.5, 0.6) is 0 Å². The second-order valence-corrected chi connectivity index (χ2v) is 7.65. The van der Waals surface area contributed by atoms with E-state index in [9.17, 15) is 4.79 Å². The highest BCUT2D eigenvalue weighted by atomic mass is 127. The fourth-order valence-corrected chi connectivity index (χ4v) is 3.35. The van der Waals surface area contributed by atoms with Crippen LogP contribution in [0.15, 0.2) is 21.7 Å². The molecule has 7 nitrogen and oxygen atoms in total. The topological polar surface area (TPSA) is 81.9 Å². The van der Waals surface area contributed by atoms with Gasteiger partial charge in [0, 0.05) is 51.4 Å². The van der Waals surface area contributed by atoms with Gasteiger partial charge in [-0.15, -0.1) is 24.0 Å². The van der Waals surface area contributed by atoms with Crippen molar-refractivity contribution in [2.45, 2.75) is 46.1 Å². The van der Waals surface area contributed by atoms with Crippen LogP contribution in [0.1, 0.15) is 49.2 Å². The van der Waals surface area contributed by atoms with Gasteiger partial charge in [-0.1, -0.05) is 13.8 Å². The minimum atomic E-state index is -0.159. The van der Waals surface area contributed by atoms with Crippen molar-refractivity contribution in [1.29, 1.82) is 0 Å². The minimum Gasteiger partial charge on any atom is -0.459 e. The first-order valence-electron chi connectivity index (χ1n) is 10.0. The number of aliphatic imine (C=N–C) groups is 1. The molecule has 0 unspecified atom stereocenters. The number of piperidine rings is 1. The van der Waals surface area contributed by atoms with Gasteiger partial charge >= 0.3 is 0 Å². The lowest BCUT2D eigenvalue weighted by atomic mass is 10.0. The van der Waals surface area contributed by atoms with Crippen LogP contribution in [0.2, 0.25) is 0 Å². The van der Waals surface area contributed by atoms with Gasteiger partial charge in [-0.25, -0.2) is 0 Å². The highest BCUT2D eigenvalue weighted by Crippen LogP contribution is 2.12. The van der Waals surface area contributed by atoms with Crippen molar-refractivity contribution in [1.82, 2.24) is 20.9 Å². The maximum absolute atomic E-state index is 12.0. The number of nitrogens with one attached hydrogen (secondary N) is 3. The molecule has 8 heteroatoms. The van der Waals surface area contributed by atoms with Gasteiger partial charge in [0.2, 0.25) is 0 Å². The molecule has 0 atom stereocenters. The molecule has 0 saturated carbocycles. The third-order valence-corrected chi connectivity index (χ3v) is 4.78. The average Bonchev–Trinajstić information content (AvgIpc) is 3.07. The number of carbonyl (C=O) groups is 1. The molecule has 1 saturated heterocycles. The van der Waals surface area contributed by atoms with E-state index in [1.165, 1.54) is 12.8 Å². The number of furan rings is 1. The molecular formula is C20H36IN5O2. The van der Waals surface area contributed by atoms with E-state index < -0.39 is 0 Å². The van der Waals surface area contributed by atoms with E-state index >= 15 is 0 Å². The SMILES string of the molecule is CN=C(NCCCNC(=O)c1occc1C)NC1CCN(CC(C)C)CC1.I. The molecule has 28 heavy (non-hydrogen) atoms. The summed E-state index contributed by atoms with van der Waals surface area (Å²) >= 11 is 0. The Bertz CT molecular complexity index is 609. The number of aryl methyl sites for hydroxylation is 1. The van der Waals surface area contributed by atoms with Gasteiger partial charge in [0.05, 0.1) is 6.26 Å². The summed E-state index contributed by atoms with van der Waals surface area (Å²) in [4.78, 5) is 18.8. The molecule has 1 aromatic heterocycles. The number of nitrogens with zero attached hydrogens (tertiary/aromatic N) is 2. The summed E-state index contributed by atoms with van der Waals surface area (Å²) in [5.74, 6) is 1.80. The summed E-state index contributed by atoms with van der Waals surface area (Å²) in [5, 5.41) is 9.73. The van der Waals surface area contributed by atoms with Gasteiger partial charge in [-0.05, 0) is 38.2 Å². The molecule has 160 valence electrons. The molecule has 0 spiro atoms. The second-order valence-electron chi connectivity index (χ2n) is 7.65. The Hall–Kier alpha value is -1.29. The van der Waals surface area contributed by atoms with E-state index in [2.05, 4.69) is 39.7 Å². The van der Waals surface area contributed by atoms with Crippen molar-refractivity contribution in [3.05, 3.63) is 23.7 Å². The Morgan fingerprint density at radius 2 is 1.96 bits per heavy atom. The van der Waals surface area contributed by atoms with Crippen LogP contribution >= 0.6 is 24.0 Å². The van der Waals surface area contributed by atoms with E-state index in [4.69, 9.17) is 4.42 Å². The average molecular weight is 505 g/mol. The van der Waals surface area contributed by atoms with Crippen LogP contribution in [0.4, 0.5) is 0 Å². The Kier molecular flexibility index (Phi) is 11.5. The first-order chi connectivity index (χ1) is 13.0. The third-order valence-electron chi connectivity index (χ3n) is 4.78. The van der Waals surface area contributed by atoms with Crippen molar-refractivity contribution in [3.8, 4) is 0 Å². The zero-order valence-corrected chi connectivity index (χ0v) is 19.9. The van der Waals surface area contributed by atoms with Gasteiger partial charge in [0.15, 0.2) is 11.7 Å². The van der Waals surface area contributed by atoms with Gasteiger partial charge in [-0.3, -0.25) is 9.79 Å². The third kappa shape index (κ3) is 8.38. The summed E-state index contributed by atoms with van der Waals surface area (Å²) in [7, 11) is 1.80. The number of halogens is 1. The van der Waals surface area contributed by atoms with Crippen LogP contribution in [0.3, 0.4) is 0 Å². The van der Waals surface area contributed by atoms with E-state index in [1.807, 2.05) is 6.92 Å². The first kappa shape index (κ1) is 24.7. The fourth-order valence-electron chi connectivity index (χ4n) is 3.35. The number of hydrogen-bond donors (Lipinski definition) is 3. The Labute approximate surface area is 186 Å². The Morgan fingerprint density at radius 3 is 2.54 bits per heavy atom. The van der Waals surface area contributed by atoms with Crippen molar-refractivity contribution in [3.63, 3.8) is 0 Å². The van der Waals surface area contributed by atoms with Gasteiger partial charge in [0.25, 0.3) is 5.91 Å². The Balaban J connectivity index is 0.00000392. The standard InChI is InChI=1S/C20H35N5O2.HI/c1-15(2)14-25-11-6-17(7-12-25)24-20(21-4)23-10-5-9-22-19(26)18-16(3)8-13-27-18;/h8,13,15,17H,5-7,9-12,14H2,1-4H3,(H,22,26)(H2,21,23,24);1H. The molecule has 2 rings (SSSR count). The molecule has 1 fully saturated rings. The molecule has 3 N–H and O–H groups in total. The van der Waals surface area contributed by atoms with Gasteiger partial charge in [0.1, 0.15) is 0 Å². The molecule has 1 aromatic rings. The quantitative estimate of drug-likeness (QED) is 0.219. The summed E-state index contributed by atoms with van der Waals surface area (Å²) in [6, 6.07) is 2.26. The number of carbonyl (C=O) groups excluding carboxylic acids is 1. The maximum Gasteiger partial charge on any atom is 0.287 e. The molecule has 0 aromatic carbocycles. The summed E-state index contributed by atoms with van der Waals surface area (Å²) in [6.07, 6.45) is 4.64. The van der Waals surface area contributed by atoms with Crippen molar-refractivity contribution in [2.24, 2.45) is 10.9 Å². The Morgan fingerprint density at radius 1 is 1.29 bits per heavy atom. The zero-order valence-electron chi connectivity index (χ0n) is 17.6. The van der Waals surface area contributed by atoms with E-state index in [0.717, 1.165) is 56.3 Å². The van der Waals surface area contributed by atoms with Crippen LogP contribution < -0.4 is 16.0 Å². The predicted molar refractivity (Wildman–Crippen MR) is 125 cm³/mol. The molecule has 2 heterocycles. The van der Waals surface area contributed by atoms with Gasteiger partial charge < -0.3 is 25.3 Å². The summed E-state index contributed by atoms with van der Waals surface area (Å²) in [5.41, 5.74) is 0.856. The minimum absolute atomic E-state index is 0. The normalized spacial score (nSPS) is 16.0. The van der Waals surface area contributed by atoms with Crippen LogP contribution in [0, 0.1) is 12.8 Å². The highest BCUT2D eigenvalue weighted by molar-refractivity contribution is 14.0. The van der Waals surface area contributed by atoms with Crippen LogP contribution in [-0.4, -0.2) is 62.6 Å². The number of guanidine groups is 1. The molecule has 1 aliphatic rings. The van der Waals surface area contributed by atoms with Crippen LogP contribution in [-0.2, 0) is 0 Å². The zero-order chi connectivity index (χ0) is 19.6. The molecule has 0 aliphatic carbocycles. The molecule has 0 bridgehead atoms. The van der Waals surface area contributed by atoms with Crippen molar-refractivity contribution >= 4 is 35.8 Å². The van der Waals surface area contributed by atoms with Crippen LogP contribution in [0.25, 0.3) is 0 Å². The van der Waals surface area contributed by atoms with E-state index in [-0.39, 0.29) is 29.9 Å². The second kappa shape index (κ2) is 13.0. The van der Waals surface area contributed by atoms with Gasteiger partial charge in [-0.2, -0.15) is 0 Å². The number of amides is 1. The lowest BCUT2D eigenvalue weighted by Crippen LogP contribution is -2.49. The monoisotopic (exact) mass is 505 g/mol. The fraction of sp³-hybridized carbons (Fsp3) is 0.700. The van der Waals surface area contributed by atoms with E-state index in [1.54, 1.807) is 13.1 Å². The molecular weight excluding hydrogens is 469 g/mol. The highest BCUT2D eigenvalue weighted by Gasteiger charge is 2.20.